The second-order valence-corrected chi connectivity index (χ2v) is 6.41. The molecule has 1 fully saturated rings. The number of amides is 1. The summed E-state index contributed by atoms with van der Waals surface area (Å²) in [6.07, 6.45) is 6.12. The van der Waals surface area contributed by atoms with Crippen molar-refractivity contribution >= 4 is 34.6 Å². The van der Waals surface area contributed by atoms with E-state index in [-0.39, 0.29) is 11.9 Å². The quantitative estimate of drug-likeness (QED) is 0.815. The van der Waals surface area contributed by atoms with E-state index in [4.69, 9.17) is 18.0 Å². The molecule has 0 bridgehead atoms. The Labute approximate surface area is 128 Å². The topological polar surface area (TPSA) is 72.1 Å². The molecule has 1 aliphatic carbocycles. The predicted octanol–water partition coefficient (Wildman–Crippen LogP) is 2.16. The van der Waals surface area contributed by atoms with Crippen molar-refractivity contribution in [2.75, 3.05) is 6.54 Å². The van der Waals surface area contributed by atoms with Crippen LogP contribution in [0.1, 0.15) is 54.4 Å². The maximum absolute atomic E-state index is 12.8. The first kappa shape index (κ1) is 15.3. The summed E-state index contributed by atoms with van der Waals surface area (Å²) in [6, 6.07) is 0.251. The fraction of sp³-hybridized carbons (Fsp3) is 0.692. The number of nitrogens with zero attached hydrogens (tertiary/aromatic N) is 3. The van der Waals surface area contributed by atoms with Crippen molar-refractivity contribution in [3.63, 3.8) is 0 Å². The number of aryl methyl sites for hydroxylation is 1. The van der Waals surface area contributed by atoms with Gasteiger partial charge in [-0.25, -0.2) is 0 Å². The van der Waals surface area contributed by atoms with Gasteiger partial charge < -0.3 is 10.6 Å². The monoisotopic (exact) mass is 312 g/mol. The second kappa shape index (κ2) is 7.08. The molecule has 0 radical (unpaired) electrons. The third kappa shape index (κ3) is 3.52. The largest absolute Gasteiger partial charge is 0.392 e. The van der Waals surface area contributed by atoms with Crippen molar-refractivity contribution < 1.29 is 4.79 Å². The van der Waals surface area contributed by atoms with E-state index in [0.29, 0.717) is 16.4 Å². The average Bonchev–Trinajstić information content (AvgIpc) is 3.06. The lowest BCUT2D eigenvalue weighted by molar-refractivity contribution is 0.0718. The Bertz CT molecular complexity index is 482. The Kier molecular flexibility index (Phi) is 5.42. The van der Waals surface area contributed by atoms with E-state index >= 15 is 0 Å². The Balaban J connectivity index is 2.20. The maximum Gasteiger partial charge on any atom is 0.268 e. The van der Waals surface area contributed by atoms with Gasteiger partial charge in [0.15, 0.2) is 0 Å². The van der Waals surface area contributed by atoms with Gasteiger partial charge in [-0.1, -0.05) is 42.9 Å². The summed E-state index contributed by atoms with van der Waals surface area (Å²) in [6.45, 7) is 2.42. The second-order valence-electron chi connectivity index (χ2n) is 5.14. The summed E-state index contributed by atoms with van der Waals surface area (Å²) < 4.78 is 3.93. The lowest BCUT2D eigenvalue weighted by atomic mass is 10.1. The molecule has 1 saturated carbocycles. The number of rotatable bonds is 6. The Morgan fingerprint density at radius 3 is 2.80 bits per heavy atom. The molecule has 1 heterocycles. The standard InChI is InChI=1S/C13H20N4OS2/c1-2-5-10-12(20-16-15-10)13(18)17(8-11(14)19)9-6-3-4-7-9/h9H,2-8H2,1H3,(H2,14,19). The van der Waals surface area contributed by atoms with Crippen molar-refractivity contribution in [3.8, 4) is 0 Å². The number of nitrogens with two attached hydrogens (primary N) is 1. The van der Waals surface area contributed by atoms with E-state index in [9.17, 15) is 4.79 Å². The molecule has 0 aliphatic heterocycles. The van der Waals surface area contributed by atoms with Crippen molar-refractivity contribution in [1.29, 1.82) is 0 Å². The fourth-order valence-electron chi connectivity index (χ4n) is 2.65. The van der Waals surface area contributed by atoms with Gasteiger partial charge in [0, 0.05) is 6.04 Å². The van der Waals surface area contributed by atoms with Gasteiger partial charge in [0.05, 0.1) is 17.2 Å². The molecular formula is C13H20N4OS2. The van der Waals surface area contributed by atoms with Crippen LogP contribution in [0.25, 0.3) is 0 Å². The molecular weight excluding hydrogens is 292 g/mol. The zero-order chi connectivity index (χ0) is 14.5. The maximum atomic E-state index is 12.8. The Hall–Kier alpha value is -1.08. The number of hydrogen-bond donors (Lipinski definition) is 1. The summed E-state index contributed by atoms with van der Waals surface area (Å²) in [4.78, 5) is 15.6. The SMILES string of the molecule is CCCc1nnsc1C(=O)N(CC(N)=S)C1CCCC1. The molecule has 2 rings (SSSR count). The zero-order valence-electron chi connectivity index (χ0n) is 11.7. The molecule has 5 nitrogen and oxygen atoms in total. The van der Waals surface area contributed by atoms with Crippen LogP contribution in [-0.4, -0.2) is 38.0 Å². The highest BCUT2D eigenvalue weighted by Crippen LogP contribution is 2.26. The summed E-state index contributed by atoms with van der Waals surface area (Å²) in [5, 5.41) is 4.07. The van der Waals surface area contributed by atoms with E-state index < -0.39 is 0 Å². The van der Waals surface area contributed by atoms with E-state index in [0.717, 1.165) is 44.2 Å². The van der Waals surface area contributed by atoms with Crippen molar-refractivity contribution in [2.45, 2.75) is 51.5 Å². The minimum absolute atomic E-state index is 0.0110. The van der Waals surface area contributed by atoms with Crippen molar-refractivity contribution in [1.82, 2.24) is 14.5 Å². The van der Waals surface area contributed by atoms with Gasteiger partial charge in [-0.3, -0.25) is 4.79 Å². The van der Waals surface area contributed by atoms with Crippen molar-refractivity contribution in [2.24, 2.45) is 5.73 Å². The summed E-state index contributed by atoms with van der Waals surface area (Å²) >= 11 is 6.17. The molecule has 2 N–H and O–H groups in total. The van der Waals surface area contributed by atoms with Gasteiger partial charge in [0.25, 0.3) is 5.91 Å². The summed E-state index contributed by atoms with van der Waals surface area (Å²) in [7, 11) is 0. The van der Waals surface area contributed by atoms with Crippen LogP contribution in [0.15, 0.2) is 0 Å². The highest BCUT2D eigenvalue weighted by atomic mass is 32.1. The van der Waals surface area contributed by atoms with Crippen LogP contribution in [0, 0.1) is 0 Å². The van der Waals surface area contributed by atoms with Gasteiger partial charge in [-0.05, 0) is 30.8 Å². The number of thiocarbonyl (C=S) groups is 1. The molecule has 20 heavy (non-hydrogen) atoms. The van der Waals surface area contributed by atoms with Crippen LogP contribution in [-0.2, 0) is 6.42 Å². The normalized spacial score (nSPS) is 15.4. The number of carbonyl (C=O) groups excluding carboxylic acids is 1. The molecule has 0 atom stereocenters. The number of aromatic nitrogens is 2. The smallest absolute Gasteiger partial charge is 0.268 e. The number of hydrogen-bond acceptors (Lipinski definition) is 5. The minimum atomic E-state index is -0.0110. The lowest BCUT2D eigenvalue weighted by Gasteiger charge is -2.28. The van der Waals surface area contributed by atoms with E-state index in [1.165, 1.54) is 11.5 Å². The first-order valence-electron chi connectivity index (χ1n) is 7.04. The van der Waals surface area contributed by atoms with E-state index in [1.807, 2.05) is 4.90 Å². The van der Waals surface area contributed by atoms with E-state index in [2.05, 4.69) is 16.5 Å². The predicted molar refractivity (Wildman–Crippen MR) is 84.0 cm³/mol. The molecule has 0 unspecified atom stereocenters. The zero-order valence-corrected chi connectivity index (χ0v) is 13.3. The molecule has 0 spiro atoms. The fourth-order valence-corrected chi connectivity index (χ4v) is 3.46. The average molecular weight is 312 g/mol. The number of carbonyl (C=O) groups is 1. The third-order valence-corrected chi connectivity index (χ3v) is 4.47. The molecule has 1 aromatic rings. The van der Waals surface area contributed by atoms with Crippen LogP contribution >= 0.6 is 23.8 Å². The molecule has 110 valence electrons. The lowest BCUT2D eigenvalue weighted by Crippen LogP contribution is -2.43. The molecule has 0 aromatic carbocycles. The van der Waals surface area contributed by atoms with Crippen LogP contribution in [0.5, 0.6) is 0 Å². The van der Waals surface area contributed by atoms with Gasteiger partial charge in [-0.2, -0.15) is 0 Å². The van der Waals surface area contributed by atoms with E-state index in [1.54, 1.807) is 0 Å². The molecule has 0 saturated heterocycles. The first-order valence-corrected chi connectivity index (χ1v) is 8.22. The van der Waals surface area contributed by atoms with Gasteiger partial charge >= 0.3 is 0 Å². The highest BCUT2D eigenvalue weighted by molar-refractivity contribution is 7.80. The van der Waals surface area contributed by atoms with Gasteiger partial charge in [0.2, 0.25) is 0 Å². The first-order chi connectivity index (χ1) is 9.63. The molecule has 1 aliphatic rings. The Morgan fingerprint density at radius 1 is 1.50 bits per heavy atom. The highest BCUT2D eigenvalue weighted by Gasteiger charge is 2.30. The van der Waals surface area contributed by atoms with Crippen LogP contribution in [0.2, 0.25) is 0 Å². The van der Waals surface area contributed by atoms with Crippen LogP contribution in [0.4, 0.5) is 0 Å². The minimum Gasteiger partial charge on any atom is -0.392 e. The van der Waals surface area contributed by atoms with Crippen LogP contribution in [0.3, 0.4) is 0 Å². The summed E-state index contributed by atoms with van der Waals surface area (Å²) in [5.74, 6) is -0.0110. The summed E-state index contributed by atoms with van der Waals surface area (Å²) in [5.41, 5.74) is 6.46. The third-order valence-electron chi connectivity index (χ3n) is 3.59. The molecule has 1 aromatic heterocycles. The van der Waals surface area contributed by atoms with Crippen molar-refractivity contribution in [3.05, 3.63) is 10.6 Å². The Morgan fingerprint density at radius 2 is 2.20 bits per heavy atom. The van der Waals surface area contributed by atoms with Gasteiger partial charge in [0.1, 0.15) is 4.88 Å². The van der Waals surface area contributed by atoms with Gasteiger partial charge in [-0.15, -0.1) is 5.10 Å². The van der Waals surface area contributed by atoms with Crippen LogP contribution < -0.4 is 5.73 Å². The molecule has 7 heteroatoms. The molecule has 1 amide bonds.